The van der Waals surface area contributed by atoms with Gasteiger partial charge in [-0.25, -0.2) is 0 Å². The summed E-state index contributed by atoms with van der Waals surface area (Å²) in [6.07, 6.45) is 1.29. The van der Waals surface area contributed by atoms with E-state index in [4.69, 9.17) is 10.5 Å². The van der Waals surface area contributed by atoms with Gasteiger partial charge >= 0.3 is 0 Å². The van der Waals surface area contributed by atoms with Gasteiger partial charge in [-0.15, -0.1) is 0 Å². The number of carbonyl (C=O) groups is 1. The van der Waals surface area contributed by atoms with E-state index in [9.17, 15) is 4.79 Å². The van der Waals surface area contributed by atoms with Crippen LogP contribution in [0.2, 0.25) is 0 Å². The molecule has 0 fully saturated rings. The van der Waals surface area contributed by atoms with Gasteiger partial charge in [-0.05, 0) is 44.4 Å². The maximum atomic E-state index is 12.0. The second-order valence-corrected chi connectivity index (χ2v) is 4.82. The number of ether oxygens (including phenoxy) is 1. The molecule has 0 radical (unpaired) electrons. The number of anilines is 1. The number of aryl methyl sites for hydroxylation is 1. The minimum atomic E-state index is -0.550. The summed E-state index contributed by atoms with van der Waals surface area (Å²) in [7, 11) is 0. The zero-order valence-corrected chi connectivity index (χ0v) is 12.2. The summed E-state index contributed by atoms with van der Waals surface area (Å²) < 4.78 is 5.61. The molecule has 19 heavy (non-hydrogen) atoms. The summed E-state index contributed by atoms with van der Waals surface area (Å²) in [5.41, 5.74) is 7.49. The van der Waals surface area contributed by atoms with Gasteiger partial charge in [-0.1, -0.05) is 19.9 Å². The van der Waals surface area contributed by atoms with Crippen molar-refractivity contribution in [1.82, 2.24) is 5.32 Å². The molecule has 0 aliphatic heterocycles. The third kappa shape index (κ3) is 4.47. The maximum Gasteiger partial charge on any atom is 0.260 e. The van der Waals surface area contributed by atoms with Crippen LogP contribution < -0.4 is 15.8 Å². The Morgan fingerprint density at radius 3 is 2.53 bits per heavy atom. The third-order valence-corrected chi connectivity index (χ3v) is 3.17. The molecule has 1 aromatic rings. The van der Waals surface area contributed by atoms with Gasteiger partial charge in [0.2, 0.25) is 0 Å². The summed E-state index contributed by atoms with van der Waals surface area (Å²) in [5, 5.41) is 2.96. The molecular weight excluding hydrogens is 240 g/mol. The summed E-state index contributed by atoms with van der Waals surface area (Å²) in [4.78, 5) is 12.0. The van der Waals surface area contributed by atoms with Crippen LogP contribution in [-0.4, -0.2) is 18.1 Å². The molecule has 0 heterocycles. The van der Waals surface area contributed by atoms with Crippen LogP contribution in [-0.2, 0) is 4.79 Å². The van der Waals surface area contributed by atoms with E-state index >= 15 is 0 Å². The largest absolute Gasteiger partial charge is 0.479 e. The Morgan fingerprint density at radius 1 is 1.37 bits per heavy atom. The van der Waals surface area contributed by atoms with Crippen molar-refractivity contribution in [3.8, 4) is 5.75 Å². The maximum absolute atomic E-state index is 12.0. The summed E-state index contributed by atoms with van der Waals surface area (Å²) in [6, 6.07) is 5.75. The highest BCUT2D eigenvalue weighted by Gasteiger charge is 2.18. The fraction of sp³-hybridized carbons (Fsp3) is 0.533. The summed E-state index contributed by atoms with van der Waals surface area (Å²) in [5.74, 6) is 0.450. The first kappa shape index (κ1) is 15.3. The Morgan fingerprint density at radius 2 is 2.00 bits per heavy atom. The Bertz CT molecular complexity index is 428. The standard InChI is InChI=1S/C15H24N2O2/c1-5-12(6-2)17-15(18)11(4)19-14-8-7-10(3)9-13(14)16/h7-9,11-12H,5-6,16H2,1-4H3,(H,17,18). The molecule has 1 rings (SSSR count). The van der Waals surface area contributed by atoms with E-state index in [2.05, 4.69) is 19.2 Å². The average Bonchev–Trinajstić information content (AvgIpc) is 2.38. The Balaban J connectivity index is 2.63. The fourth-order valence-electron chi connectivity index (χ4n) is 1.83. The predicted octanol–water partition coefficient (Wildman–Crippen LogP) is 2.65. The number of nitrogens with one attached hydrogen (secondary N) is 1. The summed E-state index contributed by atoms with van der Waals surface area (Å²) in [6.45, 7) is 7.80. The molecule has 0 aliphatic carbocycles. The number of hydrogen-bond donors (Lipinski definition) is 2. The van der Waals surface area contributed by atoms with Crippen molar-refractivity contribution in [3.63, 3.8) is 0 Å². The topological polar surface area (TPSA) is 64.3 Å². The minimum Gasteiger partial charge on any atom is -0.479 e. The van der Waals surface area contributed by atoms with Crippen LogP contribution in [0.15, 0.2) is 18.2 Å². The highest BCUT2D eigenvalue weighted by molar-refractivity contribution is 5.81. The molecule has 1 unspecified atom stereocenters. The molecule has 0 aliphatic rings. The van der Waals surface area contributed by atoms with Crippen molar-refractivity contribution in [2.45, 2.75) is 52.7 Å². The van der Waals surface area contributed by atoms with Gasteiger partial charge in [0.1, 0.15) is 5.75 Å². The van der Waals surface area contributed by atoms with Crippen molar-refractivity contribution in [1.29, 1.82) is 0 Å². The van der Waals surface area contributed by atoms with E-state index in [1.54, 1.807) is 13.0 Å². The van der Waals surface area contributed by atoms with Gasteiger partial charge in [-0.3, -0.25) is 4.79 Å². The molecule has 4 heteroatoms. The minimum absolute atomic E-state index is 0.103. The second-order valence-electron chi connectivity index (χ2n) is 4.82. The number of carbonyl (C=O) groups excluding carboxylic acids is 1. The lowest BCUT2D eigenvalue weighted by molar-refractivity contribution is -0.128. The molecule has 1 amide bonds. The second kappa shape index (κ2) is 7.02. The smallest absolute Gasteiger partial charge is 0.260 e. The molecule has 1 atom stereocenters. The highest BCUT2D eigenvalue weighted by Crippen LogP contribution is 2.23. The molecule has 1 aromatic carbocycles. The van der Waals surface area contributed by atoms with E-state index in [1.807, 2.05) is 19.1 Å². The summed E-state index contributed by atoms with van der Waals surface area (Å²) >= 11 is 0. The average molecular weight is 264 g/mol. The first-order valence-corrected chi connectivity index (χ1v) is 6.81. The lowest BCUT2D eigenvalue weighted by Crippen LogP contribution is -2.42. The van der Waals surface area contributed by atoms with Crippen LogP contribution in [0.4, 0.5) is 5.69 Å². The molecule has 4 nitrogen and oxygen atoms in total. The normalized spacial score (nSPS) is 12.3. The molecule has 0 bridgehead atoms. The Labute approximate surface area is 115 Å². The van der Waals surface area contributed by atoms with Gasteiger partial charge in [0, 0.05) is 6.04 Å². The van der Waals surface area contributed by atoms with E-state index < -0.39 is 6.10 Å². The number of nitrogens with two attached hydrogens (primary N) is 1. The van der Waals surface area contributed by atoms with Gasteiger partial charge in [-0.2, -0.15) is 0 Å². The van der Waals surface area contributed by atoms with Crippen LogP contribution in [0.1, 0.15) is 39.2 Å². The van der Waals surface area contributed by atoms with E-state index in [-0.39, 0.29) is 11.9 Å². The van der Waals surface area contributed by atoms with Crippen LogP contribution in [0, 0.1) is 6.92 Å². The molecule has 0 aromatic heterocycles. The SMILES string of the molecule is CCC(CC)NC(=O)C(C)Oc1ccc(C)cc1N. The van der Waals surface area contributed by atoms with Crippen LogP contribution in [0.3, 0.4) is 0 Å². The number of hydrogen-bond acceptors (Lipinski definition) is 3. The molecule has 3 N–H and O–H groups in total. The van der Waals surface area contributed by atoms with Crippen LogP contribution in [0.5, 0.6) is 5.75 Å². The van der Waals surface area contributed by atoms with Crippen molar-refractivity contribution in [2.24, 2.45) is 0 Å². The van der Waals surface area contributed by atoms with Gasteiger partial charge in [0.05, 0.1) is 5.69 Å². The van der Waals surface area contributed by atoms with Crippen molar-refractivity contribution in [3.05, 3.63) is 23.8 Å². The lowest BCUT2D eigenvalue weighted by atomic mass is 10.1. The van der Waals surface area contributed by atoms with E-state index in [0.717, 1.165) is 18.4 Å². The van der Waals surface area contributed by atoms with Gasteiger partial charge in [0.15, 0.2) is 6.10 Å². The number of amides is 1. The van der Waals surface area contributed by atoms with Gasteiger partial charge < -0.3 is 15.8 Å². The van der Waals surface area contributed by atoms with Crippen LogP contribution in [0.25, 0.3) is 0 Å². The molecule has 0 saturated heterocycles. The number of benzene rings is 1. The monoisotopic (exact) mass is 264 g/mol. The fourth-order valence-corrected chi connectivity index (χ4v) is 1.83. The zero-order valence-electron chi connectivity index (χ0n) is 12.2. The van der Waals surface area contributed by atoms with Crippen molar-refractivity contribution < 1.29 is 9.53 Å². The first-order valence-electron chi connectivity index (χ1n) is 6.81. The molecular formula is C15H24N2O2. The van der Waals surface area contributed by atoms with E-state index in [1.165, 1.54) is 0 Å². The van der Waals surface area contributed by atoms with E-state index in [0.29, 0.717) is 11.4 Å². The van der Waals surface area contributed by atoms with Crippen LogP contribution >= 0.6 is 0 Å². The zero-order chi connectivity index (χ0) is 14.4. The van der Waals surface area contributed by atoms with Gasteiger partial charge in [0.25, 0.3) is 5.91 Å². The number of nitrogen functional groups attached to an aromatic ring is 1. The number of rotatable bonds is 6. The Hall–Kier alpha value is -1.71. The van der Waals surface area contributed by atoms with Crippen molar-refractivity contribution in [2.75, 3.05) is 5.73 Å². The highest BCUT2D eigenvalue weighted by atomic mass is 16.5. The van der Waals surface area contributed by atoms with Crippen molar-refractivity contribution >= 4 is 11.6 Å². The molecule has 106 valence electrons. The lowest BCUT2D eigenvalue weighted by Gasteiger charge is -2.20. The molecule has 0 saturated carbocycles. The first-order chi connectivity index (χ1) is 8.97. The molecule has 0 spiro atoms. The quantitative estimate of drug-likeness (QED) is 0.776. The predicted molar refractivity (Wildman–Crippen MR) is 78.2 cm³/mol. The Kier molecular flexibility index (Phi) is 5.67. The third-order valence-electron chi connectivity index (χ3n) is 3.17.